The summed E-state index contributed by atoms with van der Waals surface area (Å²) in [5, 5.41) is 1.29. The van der Waals surface area contributed by atoms with Crippen LogP contribution in [0, 0.1) is 0 Å². The van der Waals surface area contributed by atoms with E-state index in [1.165, 1.54) is 11.3 Å². The Bertz CT molecular complexity index is 1490. The van der Waals surface area contributed by atoms with Crippen molar-refractivity contribution >= 4 is 45.8 Å². The van der Waals surface area contributed by atoms with E-state index in [0.29, 0.717) is 33.5 Å². The zero-order valence-corrected chi connectivity index (χ0v) is 22.2. The third-order valence-corrected chi connectivity index (χ3v) is 8.68. The summed E-state index contributed by atoms with van der Waals surface area (Å²) in [5.74, 6) is -0.522. The van der Waals surface area contributed by atoms with Gasteiger partial charge in [0.1, 0.15) is 28.1 Å². The van der Waals surface area contributed by atoms with Crippen LogP contribution in [-0.2, 0) is 10.2 Å². The van der Waals surface area contributed by atoms with E-state index in [1.807, 2.05) is 54.9 Å². The first-order valence-electron chi connectivity index (χ1n) is 12.0. The summed E-state index contributed by atoms with van der Waals surface area (Å²) >= 11 is 7.56. The van der Waals surface area contributed by atoms with E-state index in [2.05, 4.69) is 9.88 Å². The maximum Gasteiger partial charge on any atom is 0.262 e. The highest BCUT2D eigenvalue weighted by Crippen LogP contribution is 2.39. The zero-order chi connectivity index (χ0) is 26.3. The first kappa shape index (κ1) is 25.3. The summed E-state index contributed by atoms with van der Waals surface area (Å²) < 4.78 is 8.05. The van der Waals surface area contributed by atoms with Crippen LogP contribution in [0.25, 0.3) is 16.0 Å². The van der Waals surface area contributed by atoms with Gasteiger partial charge in [0.15, 0.2) is 0 Å². The molecule has 1 fully saturated rings. The molecule has 1 aliphatic heterocycles. The van der Waals surface area contributed by atoms with E-state index < -0.39 is 17.4 Å². The van der Waals surface area contributed by atoms with Crippen molar-refractivity contribution < 1.29 is 14.3 Å². The maximum absolute atomic E-state index is 12.7. The van der Waals surface area contributed by atoms with E-state index in [9.17, 15) is 9.59 Å². The van der Waals surface area contributed by atoms with Crippen LogP contribution in [0.15, 0.2) is 54.9 Å². The minimum atomic E-state index is -0.734. The molecule has 1 saturated heterocycles. The van der Waals surface area contributed by atoms with Crippen molar-refractivity contribution in [1.29, 1.82) is 0 Å². The number of rotatable bonds is 7. The Morgan fingerprint density at radius 3 is 2.54 bits per heavy atom. The lowest BCUT2D eigenvalue weighted by Crippen LogP contribution is -2.49. The highest BCUT2D eigenvalue weighted by Gasteiger charge is 2.41. The fourth-order valence-corrected chi connectivity index (χ4v) is 6.17. The number of halogens is 1. The number of carbonyl (C=O) groups is 2. The van der Waals surface area contributed by atoms with E-state index in [4.69, 9.17) is 27.8 Å². The topological polar surface area (TPSA) is 116 Å². The van der Waals surface area contributed by atoms with Gasteiger partial charge in [-0.1, -0.05) is 35.9 Å². The van der Waals surface area contributed by atoms with E-state index in [1.54, 1.807) is 18.5 Å². The van der Waals surface area contributed by atoms with Gasteiger partial charge in [0.25, 0.3) is 5.91 Å². The fraction of sp³-hybridized carbons (Fsp3) is 0.296. The van der Waals surface area contributed by atoms with E-state index >= 15 is 0 Å². The number of hydrogen-bond acceptors (Lipinski definition) is 6. The summed E-state index contributed by atoms with van der Waals surface area (Å²) in [5.41, 5.74) is 14.2. The number of amides is 2. The van der Waals surface area contributed by atoms with Crippen LogP contribution in [0.3, 0.4) is 0 Å². The lowest BCUT2D eigenvalue weighted by molar-refractivity contribution is -0.125. The molecule has 3 heterocycles. The largest absolute Gasteiger partial charge is 0.484 e. The van der Waals surface area contributed by atoms with Crippen molar-refractivity contribution in [2.45, 2.75) is 31.3 Å². The summed E-state index contributed by atoms with van der Waals surface area (Å²) in [7, 11) is 2.04. The Morgan fingerprint density at radius 1 is 1.14 bits per heavy atom. The summed E-state index contributed by atoms with van der Waals surface area (Å²) in [6, 6.07) is 15.0. The minimum Gasteiger partial charge on any atom is -0.484 e. The van der Waals surface area contributed by atoms with Crippen molar-refractivity contribution in [3.05, 3.63) is 75.9 Å². The molecule has 4 aromatic rings. The van der Waals surface area contributed by atoms with Crippen LogP contribution in [-0.4, -0.2) is 46.4 Å². The highest BCUT2D eigenvalue weighted by molar-refractivity contribution is 7.16. The van der Waals surface area contributed by atoms with Gasteiger partial charge in [0.05, 0.1) is 16.4 Å². The monoisotopic (exact) mass is 537 g/mol. The third kappa shape index (κ3) is 4.58. The highest BCUT2D eigenvalue weighted by atomic mass is 35.5. The van der Waals surface area contributed by atoms with Crippen molar-refractivity contribution in [2.75, 3.05) is 20.1 Å². The van der Waals surface area contributed by atoms with Gasteiger partial charge in [-0.05, 0) is 63.7 Å². The number of imidazole rings is 1. The molecule has 0 radical (unpaired) electrons. The number of hydrogen-bond donors (Lipinski definition) is 2. The second-order valence-corrected chi connectivity index (χ2v) is 10.9. The molecule has 0 saturated carbocycles. The molecule has 1 aliphatic rings. The number of thiophene rings is 1. The summed E-state index contributed by atoms with van der Waals surface area (Å²) in [4.78, 5) is 32.0. The number of primary amides is 2. The van der Waals surface area contributed by atoms with Crippen LogP contribution in [0.2, 0.25) is 5.02 Å². The number of fused-ring (bicyclic) bond motifs is 1. The Kier molecular flexibility index (Phi) is 6.70. The molecule has 0 unspecified atom stereocenters. The Morgan fingerprint density at radius 2 is 1.86 bits per heavy atom. The summed E-state index contributed by atoms with van der Waals surface area (Å²) in [6.07, 6.45) is 2.60. The van der Waals surface area contributed by atoms with Gasteiger partial charge < -0.3 is 21.1 Å². The third-order valence-electron chi connectivity index (χ3n) is 7.21. The molecule has 5 rings (SSSR count). The molecule has 4 N–H and O–H groups in total. The molecular formula is C27H28ClN5O3S. The number of likely N-dealkylation sites (tertiary alicyclic amines) is 1. The molecule has 192 valence electrons. The minimum absolute atomic E-state index is 0.302. The van der Waals surface area contributed by atoms with Gasteiger partial charge in [0, 0.05) is 16.7 Å². The molecule has 2 aromatic heterocycles. The van der Waals surface area contributed by atoms with Gasteiger partial charge in [-0.2, -0.15) is 0 Å². The molecular weight excluding hydrogens is 510 g/mol. The van der Waals surface area contributed by atoms with E-state index in [-0.39, 0.29) is 5.91 Å². The first-order chi connectivity index (χ1) is 17.7. The van der Waals surface area contributed by atoms with Crippen LogP contribution in [0.1, 0.15) is 46.7 Å². The fourth-order valence-electron chi connectivity index (χ4n) is 4.96. The second kappa shape index (κ2) is 9.81. The lowest BCUT2D eigenvalue weighted by Gasteiger charge is -2.38. The molecule has 10 heteroatoms. The standard InChI is InChI=1S/C27H28ClN5O3S/c1-16(18-5-3-4-6-19(18)28)36-22-14-23(37-24(22)25(29)34)33-15-31-20-8-7-17(13-21(20)33)27(26(30)35)9-11-32(2)12-10-27/h3-8,13-16H,9-12H2,1-2H3,(H2,29,34)(H2,30,35)/t16-/m1/s1. The van der Waals surface area contributed by atoms with Crippen molar-refractivity contribution in [1.82, 2.24) is 14.5 Å². The van der Waals surface area contributed by atoms with Gasteiger partial charge >= 0.3 is 0 Å². The lowest BCUT2D eigenvalue weighted by atomic mass is 9.72. The smallest absolute Gasteiger partial charge is 0.262 e. The number of nitrogens with two attached hydrogens (primary N) is 2. The Labute approximate surface area is 223 Å². The van der Waals surface area contributed by atoms with Crippen LogP contribution in [0.5, 0.6) is 5.75 Å². The predicted octanol–water partition coefficient (Wildman–Crippen LogP) is 4.43. The summed E-state index contributed by atoms with van der Waals surface area (Å²) in [6.45, 7) is 3.45. The SMILES string of the molecule is C[C@@H](Oc1cc(-n2cnc3ccc(C4(C(N)=O)CCN(C)CC4)cc32)sc1C(N)=O)c1ccccc1Cl. The number of nitrogens with zero attached hydrogens (tertiary/aromatic N) is 3. The van der Waals surface area contributed by atoms with Crippen LogP contribution < -0.4 is 16.2 Å². The number of piperidine rings is 1. The van der Waals surface area contributed by atoms with Gasteiger partial charge in [0.2, 0.25) is 5.91 Å². The molecule has 37 heavy (non-hydrogen) atoms. The number of benzene rings is 2. The molecule has 2 amide bonds. The zero-order valence-electron chi connectivity index (χ0n) is 20.6. The van der Waals surface area contributed by atoms with Crippen LogP contribution >= 0.6 is 22.9 Å². The average molecular weight is 538 g/mol. The molecule has 1 atom stereocenters. The quantitative estimate of drug-likeness (QED) is 0.362. The molecule has 8 nitrogen and oxygen atoms in total. The maximum atomic E-state index is 12.7. The Hall–Kier alpha value is -3.40. The average Bonchev–Trinajstić information content (AvgIpc) is 3.48. The van der Waals surface area contributed by atoms with E-state index in [0.717, 1.165) is 35.2 Å². The van der Waals surface area contributed by atoms with Crippen LogP contribution in [0.4, 0.5) is 0 Å². The van der Waals surface area contributed by atoms with Gasteiger partial charge in [-0.3, -0.25) is 14.2 Å². The predicted molar refractivity (Wildman–Crippen MR) is 146 cm³/mol. The van der Waals surface area contributed by atoms with Crippen molar-refractivity contribution in [3.8, 4) is 10.8 Å². The van der Waals surface area contributed by atoms with Gasteiger partial charge in [-0.15, -0.1) is 11.3 Å². The molecule has 0 aliphatic carbocycles. The Balaban J connectivity index is 1.54. The number of ether oxygens (including phenoxy) is 1. The number of aromatic nitrogens is 2. The van der Waals surface area contributed by atoms with Crippen molar-refractivity contribution in [2.24, 2.45) is 11.5 Å². The molecule has 2 aromatic carbocycles. The van der Waals surface area contributed by atoms with Gasteiger partial charge in [-0.25, -0.2) is 4.98 Å². The molecule has 0 spiro atoms. The molecule has 0 bridgehead atoms. The second-order valence-electron chi connectivity index (χ2n) is 9.49. The normalized spacial score (nSPS) is 16.5. The number of carbonyl (C=O) groups excluding carboxylic acids is 2. The first-order valence-corrected chi connectivity index (χ1v) is 13.2. The van der Waals surface area contributed by atoms with Crippen molar-refractivity contribution in [3.63, 3.8) is 0 Å².